The van der Waals surface area contributed by atoms with Crippen LogP contribution in [0, 0.1) is 11.6 Å². The summed E-state index contributed by atoms with van der Waals surface area (Å²) >= 11 is 6.32. The molecule has 0 atom stereocenters. The van der Waals surface area contributed by atoms with Crippen molar-refractivity contribution in [2.24, 2.45) is 0 Å². The molecule has 156 valence electrons. The van der Waals surface area contributed by atoms with Crippen LogP contribution in [-0.4, -0.2) is 21.6 Å². The molecule has 0 radical (unpaired) electrons. The van der Waals surface area contributed by atoms with Crippen molar-refractivity contribution in [1.29, 1.82) is 0 Å². The lowest BCUT2D eigenvalue weighted by atomic mass is 10.1. The Hall–Kier alpha value is -2.72. The lowest BCUT2D eigenvalue weighted by Crippen LogP contribution is -2.15. The Kier molecular flexibility index (Phi) is 6.57. The van der Waals surface area contributed by atoms with Crippen molar-refractivity contribution >= 4 is 35.0 Å². The molecule has 0 bridgehead atoms. The van der Waals surface area contributed by atoms with Crippen LogP contribution in [0.5, 0.6) is 0 Å². The third-order valence-electron chi connectivity index (χ3n) is 3.67. The van der Waals surface area contributed by atoms with E-state index in [1.54, 1.807) is 0 Å². The van der Waals surface area contributed by atoms with Crippen LogP contribution in [0.2, 0.25) is 5.02 Å². The van der Waals surface area contributed by atoms with Gasteiger partial charge in [0.25, 0.3) is 0 Å². The van der Waals surface area contributed by atoms with Crippen LogP contribution in [0.1, 0.15) is 5.69 Å². The highest BCUT2D eigenvalue weighted by molar-refractivity contribution is 7.99. The molecule has 0 aliphatic carbocycles. The van der Waals surface area contributed by atoms with Gasteiger partial charge in [0.05, 0.1) is 16.5 Å². The number of nitrogens with zero attached hydrogens (tertiary/aromatic N) is 2. The first-order chi connectivity index (χ1) is 14.1. The zero-order valence-electron chi connectivity index (χ0n) is 14.8. The molecule has 1 aromatic heterocycles. The molecule has 0 saturated carbocycles. The van der Waals surface area contributed by atoms with Gasteiger partial charge < -0.3 is 5.32 Å². The van der Waals surface area contributed by atoms with Crippen molar-refractivity contribution in [3.05, 3.63) is 70.9 Å². The number of rotatable bonds is 5. The second kappa shape index (κ2) is 8.97. The van der Waals surface area contributed by atoms with Crippen molar-refractivity contribution in [2.75, 3.05) is 11.1 Å². The molecular weight excluding hydrogens is 449 g/mol. The minimum Gasteiger partial charge on any atom is -0.325 e. The number of carbonyl (C=O) groups is 1. The Morgan fingerprint density at radius 2 is 1.73 bits per heavy atom. The van der Waals surface area contributed by atoms with Crippen LogP contribution in [-0.2, 0) is 11.0 Å². The summed E-state index contributed by atoms with van der Waals surface area (Å²) in [5.74, 6) is -2.09. The molecule has 4 nitrogen and oxygen atoms in total. The lowest BCUT2D eigenvalue weighted by Gasteiger charge is -2.11. The molecular formula is C19H11ClF5N3OS. The van der Waals surface area contributed by atoms with Crippen LogP contribution < -0.4 is 5.32 Å². The summed E-state index contributed by atoms with van der Waals surface area (Å²) in [5, 5.41) is 1.98. The highest BCUT2D eigenvalue weighted by Gasteiger charge is 2.34. The van der Waals surface area contributed by atoms with E-state index in [0.717, 1.165) is 24.3 Å². The molecule has 1 amide bonds. The second-order valence-electron chi connectivity index (χ2n) is 5.89. The standard InChI is InChI=1S/C19H11ClF5N3OS/c20-13-7-12(5-6-14(13)22)26-17(29)9-30-18-27-15(8-16(28-18)19(23,24)25)10-1-3-11(21)4-2-10/h1-8H,9H2,(H,26,29). The predicted octanol–water partition coefficient (Wildman–Crippen LogP) is 5.82. The molecule has 11 heteroatoms. The molecule has 0 spiro atoms. The summed E-state index contributed by atoms with van der Waals surface area (Å²) in [6.07, 6.45) is -4.74. The summed E-state index contributed by atoms with van der Waals surface area (Å²) in [4.78, 5) is 19.6. The first kappa shape index (κ1) is 22.0. The smallest absolute Gasteiger partial charge is 0.325 e. The zero-order chi connectivity index (χ0) is 21.9. The largest absolute Gasteiger partial charge is 0.433 e. The van der Waals surface area contributed by atoms with Gasteiger partial charge in [0.2, 0.25) is 5.91 Å². The molecule has 0 fully saturated rings. The minimum atomic E-state index is -4.74. The molecule has 0 unspecified atom stereocenters. The van der Waals surface area contributed by atoms with Gasteiger partial charge in [-0.25, -0.2) is 18.7 Å². The number of anilines is 1. The van der Waals surface area contributed by atoms with Gasteiger partial charge in [-0.3, -0.25) is 4.79 Å². The average molecular weight is 460 g/mol. The second-order valence-corrected chi connectivity index (χ2v) is 7.24. The number of hydrogen-bond acceptors (Lipinski definition) is 4. The average Bonchev–Trinajstić information content (AvgIpc) is 2.69. The van der Waals surface area contributed by atoms with E-state index in [-0.39, 0.29) is 32.9 Å². The van der Waals surface area contributed by atoms with Crippen molar-refractivity contribution in [1.82, 2.24) is 9.97 Å². The summed E-state index contributed by atoms with van der Waals surface area (Å²) in [6, 6.07) is 9.07. The van der Waals surface area contributed by atoms with Crippen molar-refractivity contribution in [3.8, 4) is 11.3 Å². The number of amides is 1. The van der Waals surface area contributed by atoms with E-state index >= 15 is 0 Å². The topological polar surface area (TPSA) is 54.9 Å². The fourth-order valence-electron chi connectivity index (χ4n) is 2.30. The molecule has 0 aliphatic heterocycles. The maximum atomic E-state index is 13.2. The molecule has 3 aromatic rings. The van der Waals surface area contributed by atoms with E-state index in [0.29, 0.717) is 11.8 Å². The van der Waals surface area contributed by atoms with Crippen LogP contribution >= 0.6 is 23.4 Å². The van der Waals surface area contributed by atoms with E-state index in [9.17, 15) is 26.7 Å². The quantitative estimate of drug-likeness (QED) is 0.296. The number of alkyl halides is 3. The number of benzene rings is 2. The predicted molar refractivity (Wildman–Crippen MR) is 103 cm³/mol. The Balaban J connectivity index is 1.78. The van der Waals surface area contributed by atoms with Crippen molar-refractivity contribution in [2.45, 2.75) is 11.3 Å². The summed E-state index contributed by atoms with van der Waals surface area (Å²) < 4.78 is 65.9. The van der Waals surface area contributed by atoms with Gasteiger partial charge in [0.1, 0.15) is 17.3 Å². The van der Waals surface area contributed by atoms with Gasteiger partial charge >= 0.3 is 6.18 Å². The van der Waals surface area contributed by atoms with E-state index < -0.39 is 29.4 Å². The number of halogens is 6. The SMILES string of the molecule is O=C(CSc1nc(-c2ccc(F)cc2)cc(C(F)(F)F)n1)Nc1ccc(F)c(Cl)c1. The number of thioether (sulfide) groups is 1. The Labute approximate surface area is 176 Å². The fourth-order valence-corrected chi connectivity index (χ4v) is 3.14. The van der Waals surface area contributed by atoms with E-state index in [4.69, 9.17) is 11.6 Å². The number of aromatic nitrogens is 2. The van der Waals surface area contributed by atoms with Gasteiger partial charge in [0.15, 0.2) is 5.16 Å². The number of hydrogen-bond donors (Lipinski definition) is 1. The van der Waals surface area contributed by atoms with Crippen LogP contribution in [0.4, 0.5) is 27.6 Å². The minimum absolute atomic E-state index is 0.0643. The maximum Gasteiger partial charge on any atom is 0.433 e. The lowest BCUT2D eigenvalue weighted by molar-refractivity contribution is -0.141. The summed E-state index contributed by atoms with van der Waals surface area (Å²) in [6.45, 7) is 0. The molecule has 1 heterocycles. The van der Waals surface area contributed by atoms with E-state index in [2.05, 4.69) is 15.3 Å². The Morgan fingerprint density at radius 1 is 1.03 bits per heavy atom. The van der Waals surface area contributed by atoms with Crippen LogP contribution in [0.15, 0.2) is 53.7 Å². The molecule has 3 rings (SSSR count). The van der Waals surface area contributed by atoms with Gasteiger partial charge in [0, 0.05) is 11.3 Å². The summed E-state index contributed by atoms with van der Waals surface area (Å²) in [7, 11) is 0. The van der Waals surface area contributed by atoms with Gasteiger partial charge in [-0.15, -0.1) is 0 Å². The Morgan fingerprint density at radius 3 is 2.37 bits per heavy atom. The number of carbonyl (C=O) groups excluding carboxylic acids is 1. The van der Waals surface area contributed by atoms with Crippen molar-refractivity contribution in [3.63, 3.8) is 0 Å². The van der Waals surface area contributed by atoms with Crippen molar-refractivity contribution < 1.29 is 26.7 Å². The Bertz CT molecular complexity index is 1080. The molecule has 30 heavy (non-hydrogen) atoms. The highest BCUT2D eigenvalue weighted by atomic mass is 35.5. The third-order valence-corrected chi connectivity index (χ3v) is 4.81. The number of nitrogens with one attached hydrogen (secondary N) is 1. The van der Waals surface area contributed by atoms with Gasteiger partial charge in [-0.2, -0.15) is 13.2 Å². The maximum absolute atomic E-state index is 13.2. The van der Waals surface area contributed by atoms with Crippen LogP contribution in [0.25, 0.3) is 11.3 Å². The molecule has 0 aliphatic rings. The van der Waals surface area contributed by atoms with E-state index in [1.807, 2.05) is 0 Å². The first-order valence-corrected chi connectivity index (χ1v) is 9.58. The first-order valence-electron chi connectivity index (χ1n) is 8.22. The van der Waals surface area contributed by atoms with E-state index in [1.165, 1.54) is 24.3 Å². The highest BCUT2D eigenvalue weighted by Crippen LogP contribution is 2.32. The normalized spacial score (nSPS) is 11.4. The van der Waals surface area contributed by atoms with Gasteiger partial charge in [-0.05, 0) is 48.5 Å². The molecule has 2 aromatic carbocycles. The van der Waals surface area contributed by atoms with Crippen LogP contribution in [0.3, 0.4) is 0 Å². The molecule has 1 N–H and O–H groups in total. The summed E-state index contributed by atoms with van der Waals surface area (Å²) in [5.41, 5.74) is -0.767. The third kappa shape index (κ3) is 5.67. The molecule has 0 saturated heterocycles. The van der Waals surface area contributed by atoms with Gasteiger partial charge in [-0.1, -0.05) is 23.4 Å². The zero-order valence-corrected chi connectivity index (χ0v) is 16.4. The fraction of sp³-hybridized carbons (Fsp3) is 0.105. The monoisotopic (exact) mass is 459 g/mol.